The van der Waals surface area contributed by atoms with Crippen molar-refractivity contribution >= 4 is 0 Å². The minimum Gasteiger partial charge on any atom is -0.370 e. The lowest BCUT2D eigenvalue weighted by Gasteiger charge is -2.08. The Balaban J connectivity index is 2.20. The predicted molar refractivity (Wildman–Crippen MR) is 69.4 cm³/mol. The lowest BCUT2D eigenvalue weighted by atomic mass is 10.2. The molecule has 0 aromatic heterocycles. The van der Waals surface area contributed by atoms with Crippen LogP contribution in [-0.2, 0) is 11.3 Å². The van der Waals surface area contributed by atoms with Crippen LogP contribution in [0.5, 0.6) is 0 Å². The normalized spacial score (nSPS) is 13.1. The molecule has 0 saturated heterocycles. The van der Waals surface area contributed by atoms with E-state index < -0.39 is 0 Å². The van der Waals surface area contributed by atoms with Crippen molar-refractivity contribution in [1.29, 1.82) is 0 Å². The van der Waals surface area contributed by atoms with Gasteiger partial charge in [0.1, 0.15) is 0 Å². The monoisotopic (exact) mass is 218 g/mol. The number of rotatable bonds is 7. The van der Waals surface area contributed by atoms with Gasteiger partial charge in [-0.3, -0.25) is 0 Å². The highest BCUT2D eigenvalue weighted by atomic mass is 16.5. The van der Waals surface area contributed by atoms with Gasteiger partial charge in [0.2, 0.25) is 0 Å². The maximum atomic E-state index is 5.72. The first kappa shape index (κ1) is 13.0. The molecule has 0 radical (unpaired) electrons. The minimum atomic E-state index is 0.206. The highest BCUT2D eigenvalue weighted by Gasteiger charge is 1.97. The van der Waals surface area contributed by atoms with Crippen molar-refractivity contribution in [2.75, 3.05) is 0 Å². The van der Waals surface area contributed by atoms with Crippen LogP contribution in [0.3, 0.4) is 0 Å². The van der Waals surface area contributed by atoms with E-state index >= 15 is 0 Å². The Bertz CT molecular complexity index is 290. The van der Waals surface area contributed by atoms with Crippen LogP contribution in [-0.4, -0.2) is 6.10 Å². The minimum absolute atomic E-state index is 0.206. The average molecular weight is 218 g/mol. The van der Waals surface area contributed by atoms with Crippen molar-refractivity contribution in [2.45, 2.75) is 45.8 Å². The number of benzene rings is 1. The third-order valence-electron chi connectivity index (χ3n) is 2.49. The summed E-state index contributed by atoms with van der Waals surface area (Å²) in [4.78, 5) is 0. The summed E-state index contributed by atoms with van der Waals surface area (Å²) < 4.78 is 5.72. The van der Waals surface area contributed by atoms with Crippen LogP contribution in [0.15, 0.2) is 42.5 Å². The number of allylic oxidation sites excluding steroid dienone is 1. The first-order valence-corrected chi connectivity index (χ1v) is 6.15. The van der Waals surface area contributed by atoms with Gasteiger partial charge in [-0.05, 0) is 18.9 Å². The van der Waals surface area contributed by atoms with E-state index in [2.05, 4.69) is 38.1 Å². The van der Waals surface area contributed by atoms with Crippen LogP contribution < -0.4 is 0 Å². The molecule has 88 valence electrons. The third-order valence-corrected chi connectivity index (χ3v) is 2.49. The Morgan fingerprint density at radius 3 is 2.69 bits per heavy atom. The van der Waals surface area contributed by atoms with Gasteiger partial charge in [0.15, 0.2) is 0 Å². The second-order valence-corrected chi connectivity index (χ2v) is 4.07. The van der Waals surface area contributed by atoms with E-state index in [0.29, 0.717) is 6.61 Å². The van der Waals surface area contributed by atoms with Gasteiger partial charge in [-0.15, -0.1) is 0 Å². The number of unbranched alkanes of at least 4 members (excludes halogenated alkanes) is 2. The highest BCUT2D eigenvalue weighted by molar-refractivity contribution is 5.13. The van der Waals surface area contributed by atoms with E-state index in [9.17, 15) is 0 Å². The van der Waals surface area contributed by atoms with E-state index in [1.54, 1.807) is 0 Å². The number of hydrogen-bond donors (Lipinski definition) is 0. The molecule has 0 heterocycles. The van der Waals surface area contributed by atoms with Crippen LogP contribution in [0, 0.1) is 0 Å². The van der Waals surface area contributed by atoms with Crippen LogP contribution >= 0.6 is 0 Å². The Labute approximate surface area is 99.1 Å². The topological polar surface area (TPSA) is 9.23 Å². The van der Waals surface area contributed by atoms with Crippen LogP contribution in [0.4, 0.5) is 0 Å². The van der Waals surface area contributed by atoms with Gasteiger partial charge in [0, 0.05) is 0 Å². The molecule has 1 heteroatoms. The van der Waals surface area contributed by atoms with Crippen LogP contribution in [0.1, 0.15) is 38.7 Å². The Kier molecular flexibility index (Phi) is 6.59. The van der Waals surface area contributed by atoms with Crippen molar-refractivity contribution in [3.05, 3.63) is 48.0 Å². The summed E-state index contributed by atoms with van der Waals surface area (Å²) in [6.45, 7) is 4.99. The zero-order chi connectivity index (χ0) is 11.6. The molecule has 1 rings (SSSR count). The fourth-order valence-corrected chi connectivity index (χ4v) is 1.47. The van der Waals surface area contributed by atoms with Crippen molar-refractivity contribution in [1.82, 2.24) is 0 Å². The summed E-state index contributed by atoms with van der Waals surface area (Å²) in [5.41, 5.74) is 1.23. The summed E-state index contributed by atoms with van der Waals surface area (Å²) in [5, 5.41) is 0. The number of ether oxygens (including phenoxy) is 1. The average Bonchev–Trinajstić information content (AvgIpc) is 2.33. The van der Waals surface area contributed by atoms with Crippen molar-refractivity contribution in [2.24, 2.45) is 0 Å². The van der Waals surface area contributed by atoms with E-state index in [1.165, 1.54) is 18.4 Å². The molecule has 1 atom stereocenters. The SMILES string of the molecule is CCCC/C=C/[C@@H](C)OCc1ccccc1. The van der Waals surface area contributed by atoms with E-state index in [-0.39, 0.29) is 6.10 Å². The summed E-state index contributed by atoms with van der Waals surface area (Å²) in [6, 6.07) is 10.3. The zero-order valence-corrected chi connectivity index (χ0v) is 10.4. The molecule has 0 saturated carbocycles. The molecule has 0 aliphatic heterocycles. The second-order valence-electron chi connectivity index (χ2n) is 4.07. The van der Waals surface area contributed by atoms with Gasteiger partial charge in [-0.1, -0.05) is 62.2 Å². The molecule has 0 N–H and O–H groups in total. The molecule has 0 fully saturated rings. The summed E-state index contributed by atoms with van der Waals surface area (Å²) in [7, 11) is 0. The molecular weight excluding hydrogens is 196 g/mol. The lowest BCUT2D eigenvalue weighted by molar-refractivity contribution is 0.0839. The summed E-state index contributed by atoms with van der Waals surface area (Å²) in [5.74, 6) is 0. The van der Waals surface area contributed by atoms with Crippen molar-refractivity contribution in [3.63, 3.8) is 0 Å². The Morgan fingerprint density at radius 1 is 1.25 bits per heavy atom. The van der Waals surface area contributed by atoms with Gasteiger partial charge in [0.25, 0.3) is 0 Å². The molecule has 1 nitrogen and oxygen atoms in total. The molecule has 1 aromatic carbocycles. The predicted octanol–water partition coefficient (Wildman–Crippen LogP) is 4.34. The molecule has 1 aromatic rings. The first-order chi connectivity index (χ1) is 7.83. The van der Waals surface area contributed by atoms with E-state index in [4.69, 9.17) is 4.74 Å². The van der Waals surface area contributed by atoms with Gasteiger partial charge in [-0.2, -0.15) is 0 Å². The highest BCUT2D eigenvalue weighted by Crippen LogP contribution is 2.05. The Hall–Kier alpha value is -1.08. The van der Waals surface area contributed by atoms with Gasteiger partial charge in [0.05, 0.1) is 12.7 Å². The molecule has 0 amide bonds. The second kappa shape index (κ2) is 8.12. The molecular formula is C15H22O. The third kappa shape index (κ3) is 5.72. The van der Waals surface area contributed by atoms with E-state index in [0.717, 1.165) is 6.42 Å². The van der Waals surface area contributed by atoms with Crippen LogP contribution in [0.2, 0.25) is 0 Å². The zero-order valence-electron chi connectivity index (χ0n) is 10.4. The Morgan fingerprint density at radius 2 is 2.00 bits per heavy atom. The summed E-state index contributed by atoms with van der Waals surface area (Å²) >= 11 is 0. The molecule has 0 spiro atoms. The van der Waals surface area contributed by atoms with Gasteiger partial charge in [-0.25, -0.2) is 0 Å². The number of hydrogen-bond acceptors (Lipinski definition) is 1. The quantitative estimate of drug-likeness (QED) is 0.488. The fourth-order valence-electron chi connectivity index (χ4n) is 1.47. The van der Waals surface area contributed by atoms with Gasteiger partial charge >= 0.3 is 0 Å². The van der Waals surface area contributed by atoms with Crippen molar-refractivity contribution in [3.8, 4) is 0 Å². The maximum Gasteiger partial charge on any atom is 0.0732 e. The summed E-state index contributed by atoms with van der Waals surface area (Å²) in [6.07, 6.45) is 8.26. The molecule has 0 aliphatic rings. The largest absolute Gasteiger partial charge is 0.370 e. The standard InChI is InChI=1S/C15H22O/c1-3-4-5-7-10-14(2)16-13-15-11-8-6-9-12-15/h6-12,14H,3-5,13H2,1-2H3/b10-7+/t14-/m1/s1. The van der Waals surface area contributed by atoms with Crippen LogP contribution in [0.25, 0.3) is 0 Å². The molecule has 0 aliphatic carbocycles. The lowest BCUT2D eigenvalue weighted by Crippen LogP contribution is -2.04. The van der Waals surface area contributed by atoms with Crippen molar-refractivity contribution < 1.29 is 4.74 Å². The maximum absolute atomic E-state index is 5.72. The van der Waals surface area contributed by atoms with Gasteiger partial charge < -0.3 is 4.74 Å². The first-order valence-electron chi connectivity index (χ1n) is 6.15. The molecule has 16 heavy (non-hydrogen) atoms. The fraction of sp³-hybridized carbons (Fsp3) is 0.467. The molecule has 0 bridgehead atoms. The van der Waals surface area contributed by atoms with E-state index in [1.807, 2.05) is 18.2 Å². The molecule has 0 unspecified atom stereocenters. The smallest absolute Gasteiger partial charge is 0.0732 e.